The minimum atomic E-state index is -3.73. The van der Waals surface area contributed by atoms with Crippen LogP contribution in [0.2, 0.25) is 10.0 Å². The van der Waals surface area contributed by atoms with Gasteiger partial charge in [-0.25, -0.2) is 12.8 Å². The smallest absolute Gasteiger partial charge is 0.240 e. The molecular formula is C19H21Cl2FN2O3S2. The zero-order chi connectivity index (χ0) is 21.4. The lowest BCUT2D eigenvalue weighted by atomic mass is 10.2. The van der Waals surface area contributed by atoms with Crippen molar-refractivity contribution >= 4 is 56.6 Å². The highest BCUT2D eigenvalue weighted by molar-refractivity contribution is 7.98. The van der Waals surface area contributed by atoms with Gasteiger partial charge in [-0.05, 0) is 48.1 Å². The van der Waals surface area contributed by atoms with E-state index in [0.29, 0.717) is 18.0 Å². The number of carbonyl (C=O) groups is 1. The molecule has 10 heteroatoms. The Morgan fingerprint density at radius 2 is 1.86 bits per heavy atom. The molecule has 0 aliphatic heterocycles. The van der Waals surface area contributed by atoms with Crippen LogP contribution in [0.5, 0.6) is 0 Å². The number of hydrogen-bond acceptors (Lipinski definition) is 4. The van der Waals surface area contributed by atoms with Gasteiger partial charge >= 0.3 is 0 Å². The molecule has 0 saturated carbocycles. The number of thioether (sulfide) groups is 1. The normalized spacial score (nSPS) is 11.3. The molecular weight excluding hydrogens is 458 g/mol. The van der Waals surface area contributed by atoms with Gasteiger partial charge in [-0.15, -0.1) is 0 Å². The van der Waals surface area contributed by atoms with Gasteiger partial charge < -0.3 is 5.32 Å². The van der Waals surface area contributed by atoms with Crippen LogP contribution in [0.25, 0.3) is 0 Å². The highest BCUT2D eigenvalue weighted by Gasteiger charge is 2.23. The van der Waals surface area contributed by atoms with Crippen molar-refractivity contribution in [3.8, 4) is 0 Å². The fraction of sp³-hybridized carbons (Fsp3) is 0.316. The maximum atomic E-state index is 12.9. The monoisotopic (exact) mass is 478 g/mol. The number of amides is 1. The molecule has 2 aromatic carbocycles. The van der Waals surface area contributed by atoms with Gasteiger partial charge in [0.25, 0.3) is 0 Å². The van der Waals surface area contributed by atoms with Gasteiger partial charge in [0.2, 0.25) is 15.9 Å². The molecule has 0 atom stereocenters. The van der Waals surface area contributed by atoms with Crippen LogP contribution in [0.1, 0.15) is 12.0 Å². The summed E-state index contributed by atoms with van der Waals surface area (Å²) >= 11 is 13.7. The third-order valence-electron chi connectivity index (χ3n) is 3.83. The van der Waals surface area contributed by atoms with Gasteiger partial charge in [0.15, 0.2) is 0 Å². The van der Waals surface area contributed by atoms with Crippen molar-refractivity contribution < 1.29 is 17.6 Å². The fourth-order valence-electron chi connectivity index (χ4n) is 2.42. The summed E-state index contributed by atoms with van der Waals surface area (Å²) in [6.07, 6.45) is 1.72. The average Bonchev–Trinajstić information content (AvgIpc) is 2.65. The topological polar surface area (TPSA) is 66.5 Å². The number of sulfonamides is 1. The molecule has 2 rings (SSSR count). The third kappa shape index (κ3) is 8.04. The summed E-state index contributed by atoms with van der Waals surface area (Å²) < 4.78 is 38.0. The van der Waals surface area contributed by atoms with E-state index in [1.165, 1.54) is 30.3 Å². The van der Waals surface area contributed by atoms with E-state index >= 15 is 0 Å². The molecule has 2 aromatic rings. The molecule has 0 radical (unpaired) electrons. The molecule has 0 bridgehead atoms. The minimum Gasteiger partial charge on any atom is -0.354 e. The number of nitrogens with one attached hydrogen (secondary N) is 1. The molecule has 0 heterocycles. The number of rotatable bonds is 10. The van der Waals surface area contributed by atoms with E-state index in [0.717, 1.165) is 27.6 Å². The quantitative estimate of drug-likeness (QED) is 0.515. The zero-order valence-corrected chi connectivity index (χ0v) is 18.8. The van der Waals surface area contributed by atoms with Crippen LogP contribution in [0, 0.1) is 5.82 Å². The Bertz CT molecular complexity index is 941. The molecule has 5 nitrogen and oxygen atoms in total. The first-order chi connectivity index (χ1) is 13.7. The Labute approximate surface area is 184 Å². The molecule has 0 fully saturated rings. The van der Waals surface area contributed by atoms with E-state index in [1.807, 2.05) is 0 Å². The second kappa shape index (κ2) is 11.1. The highest BCUT2D eigenvalue weighted by Crippen LogP contribution is 2.30. The predicted molar refractivity (Wildman–Crippen MR) is 119 cm³/mol. The number of nitrogens with zero attached hydrogens (tertiary/aromatic N) is 1. The first-order valence-corrected chi connectivity index (χ1v) is 12.4. The van der Waals surface area contributed by atoms with Crippen LogP contribution in [0.4, 0.5) is 10.1 Å². The van der Waals surface area contributed by atoms with E-state index in [1.54, 1.807) is 23.9 Å². The molecule has 29 heavy (non-hydrogen) atoms. The SMILES string of the molecule is CS(=O)(=O)N(CC(=O)NCCCSCc1ccc(F)cc1)c1cc(Cl)ccc1Cl. The predicted octanol–water partition coefficient (Wildman–Crippen LogP) is 4.34. The van der Waals surface area contributed by atoms with Gasteiger partial charge in [-0.3, -0.25) is 9.10 Å². The first kappa shape index (κ1) is 23.8. The van der Waals surface area contributed by atoms with Gasteiger partial charge in [0, 0.05) is 17.3 Å². The summed E-state index contributed by atoms with van der Waals surface area (Å²) in [7, 11) is -3.73. The molecule has 0 spiro atoms. The Kier molecular flexibility index (Phi) is 9.07. The number of benzene rings is 2. The highest BCUT2D eigenvalue weighted by atomic mass is 35.5. The molecule has 0 aromatic heterocycles. The van der Waals surface area contributed by atoms with Crippen molar-refractivity contribution in [2.24, 2.45) is 0 Å². The summed E-state index contributed by atoms with van der Waals surface area (Å²) in [5, 5.41) is 3.21. The number of hydrogen-bond donors (Lipinski definition) is 1. The summed E-state index contributed by atoms with van der Waals surface area (Å²) in [5.74, 6) is 0.857. The Morgan fingerprint density at radius 1 is 1.17 bits per heavy atom. The van der Waals surface area contributed by atoms with Crippen molar-refractivity contribution in [1.29, 1.82) is 0 Å². The molecule has 0 aliphatic carbocycles. The Balaban J connectivity index is 1.80. The second-order valence-corrected chi connectivity index (χ2v) is 10.1. The molecule has 0 saturated heterocycles. The lowest BCUT2D eigenvalue weighted by Crippen LogP contribution is -2.40. The molecule has 158 valence electrons. The van der Waals surface area contributed by atoms with Crippen LogP contribution in [-0.2, 0) is 20.6 Å². The molecule has 0 aliphatic rings. The van der Waals surface area contributed by atoms with Crippen LogP contribution in [0.3, 0.4) is 0 Å². The molecule has 1 N–H and O–H groups in total. The van der Waals surface area contributed by atoms with E-state index in [2.05, 4.69) is 5.32 Å². The van der Waals surface area contributed by atoms with Crippen molar-refractivity contribution in [1.82, 2.24) is 5.32 Å². The minimum absolute atomic E-state index is 0.159. The van der Waals surface area contributed by atoms with Crippen molar-refractivity contribution in [3.05, 3.63) is 63.9 Å². The van der Waals surface area contributed by atoms with Crippen LogP contribution < -0.4 is 9.62 Å². The third-order valence-corrected chi connectivity index (χ3v) is 6.63. The lowest BCUT2D eigenvalue weighted by Gasteiger charge is -2.23. The van der Waals surface area contributed by atoms with Gasteiger partial charge in [-0.2, -0.15) is 11.8 Å². The molecule has 0 unspecified atom stereocenters. The van der Waals surface area contributed by atoms with Gasteiger partial charge in [-0.1, -0.05) is 35.3 Å². The first-order valence-electron chi connectivity index (χ1n) is 8.68. The van der Waals surface area contributed by atoms with E-state index in [4.69, 9.17) is 23.2 Å². The van der Waals surface area contributed by atoms with Crippen molar-refractivity contribution in [2.45, 2.75) is 12.2 Å². The van der Waals surface area contributed by atoms with Crippen LogP contribution in [0.15, 0.2) is 42.5 Å². The van der Waals surface area contributed by atoms with Crippen LogP contribution >= 0.6 is 35.0 Å². The maximum absolute atomic E-state index is 12.9. The van der Waals surface area contributed by atoms with Crippen LogP contribution in [-0.4, -0.2) is 39.4 Å². The summed E-state index contributed by atoms with van der Waals surface area (Å²) in [5.41, 5.74) is 1.19. The molecule has 1 amide bonds. The average molecular weight is 479 g/mol. The Hall–Kier alpha value is -1.48. The van der Waals surface area contributed by atoms with Gasteiger partial charge in [0.05, 0.1) is 17.0 Å². The standard InChI is InChI=1S/C19H21Cl2FN2O3S2/c1-29(26,27)24(18-11-15(20)5-8-17(18)21)12-19(25)23-9-2-10-28-13-14-3-6-16(22)7-4-14/h3-8,11H,2,9-10,12-13H2,1H3,(H,23,25). The van der Waals surface area contributed by atoms with E-state index < -0.39 is 15.9 Å². The summed E-state index contributed by atoms with van der Waals surface area (Å²) in [6.45, 7) is 0.0255. The second-order valence-electron chi connectivity index (χ2n) is 6.25. The van der Waals surface area contributed by atoms with Gasteiger partial charge in [0.1, 0.15) is 12.4 Å². The largest absolute Gasteiger partial charge is 0.354 e. The van der Waals surface area contributed by atoms with E-state index in [9.17, 15) is 17.6 Å². The maximum Gasteiger partial charge on any atom is 0.240 e. The number of carbonyl (C=O) groups excluding carboxylic acids is 1. The lowest BCUT2D eigenvalue weighted by molar-refractivity contribution is -0.119. The summed E-state index contributed by atoms with van der Waals surface area (Å²) in [6, 6.07) is 10.8. The van der Waals surface area contributed by atoms with E-state index in [-0.39, 0.29) is 23.1 Å². The van der Waals surface area contributed by atoms with Crippen molar-refractivity contribution in [2.75, 3.05) is 29.4 Å². The number of halogens is 3. The number of anilines is 1. The van der Waals surface area contributed by atoms with Crippen molar-refractivity contribution in [3.63, 3.8) is 0 Å². The zero-order valence-electron chi connectivity index (χ0n) is 15.7. The summed E-state index contributed by atoms with van der Waals surface area (Å²) in [4.78, 5) is 12.2. The fourth-order valence-corrected chi connectivity index (χ4v) is 4.63. The Morgan fingerprint density at radius 3 is 2.52 bits per heavy atom.